The number of amides is 2. The number of nitrogens with zero attached hydrogens (tertiary/aromatic N) is 1. The number of hydrogen-bond donors (Lipinski definition) is 4. The second-order valence-electron chi connectivity index (χ2n) is 7.91. The number of hydrogen-bond acceptors (Lipinski definition) is 5. The zero-order valence-electron chi connectivity index (χ0n) is 18.4. The molecule has 0 aliphatic heterocycles. The van der Waals surface area contributed by atoms with E-state index in [0.717, 1.165) is 17.0 Å². The number of alkyl halides is 1. The van der Waals surface area contributed by atoms with Gasteiger partial charge in [0.25, 0.3) is 0 Å². The largest absolute Gasteiger partial charge is 0.383 e. The smallest absolute Gasteiger partial charge is 0.247 e. The van der Waals surface area contributed by atoms with Gasteiger partial charge >= 0.3 is 0 Å². The summed E-state index contributed by atoms with van der Waals surface area (Å²) >= 11 is 1.40. The molecular weight excluding hydrogens is 429 g/mol. The Morgan fingerprint density at radius 3 is 2.25 bits per heavy atom. The Morgan fingerprint density at radius 1 is 1.03 bits per heavy atom. The number of halogens is 1. The first-order valence-corrected chi connectivity index (χ1v) is 11.1. The fourth-order valence-electron chi connectivity index (χ4n) is 2.47. The third-order valence-corrected chi connectivity index (χ3v) is 5.46. The zero-order chi connectivity index (χ0) is 23.6. The molecule has 0 saturated heterocycles. The van der Waals surface area contributed by atoms with Crippen LogP contribution in [0.25, 0.3) is 0 Å². The lowest BCUT2D eigenvalue weighted by atomic mass is 9.94. The van der Waals surface area contributed by atoms with Crippen LogP contribution in [0.3, 0.4) is 0 Å². The van der Waals surface area contributed by atoms with E-state index in [9.17, 15) is 14.0 Å². The SMILES string of the molecule is CC(C)(CF)C(=O)Nc1ccc(NSc2ccc(C(N)=NC(=O)CCCCN)cc2)cc1. The molecule has 32 heavy (non-hydrogen) atoms. The molecule has 0 aliphatic rings. The van der Waals surface area contributed by atoms with Crippen LogP contribution in [-0.2, 0) is 9.59 Å². The molecule has 9 heteroatoms. The zero-order valence-corrected chi connectivity index (χ0v) is 19.2. The molecule has 0 bridgehead atoms. The number of nitrogens with two attached hydrogens (primary N) is 2. The average molecular weight is 460 g/mol. The lowest BCUT2D eigenvalue weighted by Crippen LogP contribution is -2.32. The number of carbonyl (C=O) groups is 2. The molecule has 0 radical (unpaired) electrons. The summed E-state index contributed by atoms with van der Waals surface area (Å²) in [5.74, 6) is -0.417. The molecule has 7 nitrogen and oxygen atoms in total. The van der Waals surface area contributed by atoms with Crippen LogP contribution in [0.1, 0.15) is 38.7 Å². The van der Waals surface area contributed by atoms with Crippen LogP contribution in [0.2, 0.25) is 0 Å². The maximum Gasteiger partial charge on any atom is 0.247 e. The Labute approximate surface area is 192 Å². The molecule has 0 unspecified atom stereocenters. The quantitative estimate of drug-likeness (QED) is 0.174. The van der Waals surface area contributed by atoms with Crippen molar-refractivity contribution in [3.8, 4) is 0 Å². The van der Waals surface area contributed by atoms with E-state index in [-0.39, 0.29) is 17.6 Å². The Kier molecular flexibility index (Phi) is 9.67. The van der Waals surface area contributed by atoms with Crippen LogP contribution in [0.15, 0.2) is 58.4 Å². The lowest BCUT2D eigenvalue weighted by Gasteiger charge is -2.19. The molecule has 0 fully saturated rings. The van der Waals surface area contributed by atoms with Crippen molar-refractivity contribution in [1.82, 2.24) is 0 Å². The van der Waals surface area contributed by atoms with Crippen molar-refractivity contribution in [2.45, 2.75) is 38.0 Å². The minimum Gasteiger partial charge on any atom is -0.383 e. The minimum atomic E-state index is -1.06. The van der Waals surface area contributed by atoms with Gasteiger partial charge in [-0.1, -0.05) is 12.1 Å². The molecule has 0 heterocycles. The van der Waals surface area contributed by atoms with Gasteiger partial charge in [0.1, 0.15) is 12.5 Å². The summed E-state index contributed by atoms with van der Waals surface area (Å²) in [5, 5.41) is 2.71. The van der Waals surface area contributed by atoms with Gasteiger partial charge in [-0.15, -0.1) is 0 Å². The van der Waals surface area contributed by atoms with Gasteiger partial charge < -0.3 is 21.5 Å². The molecule has 0 aliphatic carbocycles. The summed E-state index contributed by atoms with van der Waals surface area (Å²) < 4.78 is 16.1. The highest BCUT2D eigenvalue weighted by Gasteiger charge is 2.27. The highest BCUT2D eigenvalue weighted by Crippen LogP contribution is 2.24. The van der Waals surface area contributed by atoms with Crippen LogP contribution >= 0.6 is 11.9 Å². The highest BCUT2D eigenvalue weighted by atomic mass is 32.2. The van der Waals surface area contributed by atoms with E-state index in [4.69, 9.17) is 11.5 Å². The number of anilines is 2. The Hall–Kier alpha value is -2.91. The molecule has 2 rings (SSSR count). The van der Waals surface area contributed by atoms with E-state index in [1.165, 1.54) is 11.9 Å². The third-order valence-electron chi connectivity index (χ3n) is 4.62. The summed E-state index contributed by atoms with van der Waals surface area (Å²) in [5.41, 5.74) is 12.4. The van der Waals surface area contributed by atoms with E-state index in [1.807, 2.05) is 24.3 Å². The molecule has 0 atom stereocenters. The van der Waals surface area contributed by atoms with Crippen molar-refractivity contribution in [2.24, 2.45) is 21.9 Å². The second kappa shape index (κ2) is 12.2. The normalized spacial score (nSPS) is 11.8. The molecular formula is C23H30FN5O2S. The molecule has 2 aromatic rings. The number of unbranched alkanes of at least 4 members (excludes halogenated alkanes) is 1. The van der Waals surface area contributed by atoms with Crippen LogP contribution in [0.5, 0.6) is 0 Å². The highest BCUT2D eigenvalue weighted by molar-refractivity contribution is 8.00. The number of carbonyl (C=O) groups excluding carboxylic acids is 2. The van der Waals surface area contributed by atoms with E-state index in [0.29, 0.717) is 30.6 Å². The van der Waals surface area contributed by atoms with Gasteiger partial charge in [0.15, 0.2) is 0 Å². The first-order chi connectivity index (χ1) is 15.2. The topological polar surface area (TPSA) is 123 Å². The first kappa shape index (κ1) is 25.4. The fraction of sp³-hybridized carbons (Fsp3) is 0.348. The maximum absolute atomic E-state index is 12.9. The van der Waals surface area contributed by atoms with E-state index in [1.54, 1.807) is 38.1 Å². The van der Waals surface area contributed by atoms with Crippen LogP contribution in [-0.4, -0.2) is 30.9 Å². The Bertz CT molecular complexity index is 930. The lowest BCUT2D eigenvalue weighted by molar-refractivity contribution is -0.124. The molecule has 172 valence electrons. The van der Waals surface area contributed by atoms with Gasteiger partial charge in [0.2, 0.25) is 11.8 Å². The molecule has 0 spiro atoms. The predicted octanol–water partition coefficient (Wildman–Crippen LogP) is 4.10. The van der Waals surface area contributed by atoms with Crippen LogP contribution < -0.4 is 21.5 Å². The van der Waals surface area contributed by atoms with Gasteiger partial charge in [-0.3, -0.25) is 9.59 Å². The number of rotatable bonds is 11. The molecule has 0 saturated carbocycles. The van der Waals surface area contributed by atoms with Crippen molar-refractivity contribution < 1.29 is 14.0 Å². The predicted molar refractivity (Wildman–Crippen MR) is 129 cm³/mol. The Balaban J connectivity index is 1.88. The van der Waals surface area contributed by atoms with Crippen molar-refractivity contribution >= 4 is 41.0 Å². The molecule has 6 N–H and O–H groups in total. The van der Waals surface area contributed by atoms with Gasteiger partial charge in [-0.2, -0.15) is 4.99 Å². The number of aliphatic imine (C=N–C) groups is 1. The molecule has 2 aromatic carbocycles. The van der Waals surface area contributed by atoms with Gasteiger partial charge in [0.05, 0.1) is 5.41 Å². The summed E-state index contributed by atoms with van der Waals surface area (Å²) in [4.78, 5) is 28.7. The van der Waals surface area contributed by atoms with Crippen LogP contribution in [0.4, 0.5) is 15.8 Å². The van der Waals surface area contributed by atoms with E-state index in [2.05, 4.69) is 15.0 Å². The summed E-state index contributed by atoms with van der Waals surface area (Å²) in [7, 11) is 0. The summed E-state index contributed by atoms with van der Waals surface area (Å²) in [6, 6.07) is 14.5. The van der Waals surface area contributed by atoms with Gasteiger partial charge in [0, 0.05) is 28.3 Å². The van der Waals surface area contributed by atoms with Crippen molar-refractivity contribution in [1.29, 1.82) is 0 Å². The number of amidine groups is 1. The van der Waals surface area contributed by atoms with E-state index >= 15 is 0 Å². The maximum atomic E-state index is 12.9. The number of nitrogens with one attached hydrogen (secondary N) is 2. The third kappa shape index (κ3) is 7.97. The van der Waals surface area contributed by atoms with Crippen molar-refractivity contribution in [3.05, 3.63) is 54.1 Å². The molecule has 0 aromatic heterocycles. The van der Waals surface area contributed by atoms with Crippen molar-refractivity contribution in [2.75, 3.05) is 23.3 Å². The second-order valence-corrected chi connectivity index (χ2v) is 8.79. The summed E-state index contributed by atoms with van der Waals surface area (Å²) in [6.45, 7) is 2.94. The molecule has 2 amide bonds. The first-order valence-electron chi connectivity index (χ1n) is 10.3. The van der Waals surface area contributed by atoms with Gasteiger partial charge in [-0.25, -0.2) is 4.39 Å². The monoisotopic (exact) mass is 459 g/mol. The fourth-order valence-corrected chi connectivity index (χ4v) is 3.11. The van der Waals surface area contributed by atoms with E-state index < -0.39 is 12.1 Å². The van der Waals surface area contributed by atoms with Crippen LogP contribution in [0, 0.1) is 5.41 Å². The van der Waals surface area contributed by atoms with Gasteiger partial charge in [-0.05, 0) is 81.6 Å². The average Bonchev–Trinajstić information content (AvgIpc) is 2.79. The standard InChI is InChI=1S/C23H30FN5O2S/c1-23(2,15-24)22(31)27-17-8-10-18(11-9-17)29-32-19-12-6-16(7-13-19)21(26)28-20(30)5-3-4-14-25/h6-13,29H,3-5,14-15,25H2,1-2H3,(H,27,31)(H2,26,28,30). The minimum absolute atomic E-state index is 0.195. The van der Waals surface area contributed by atoms with Crippen molar-refractivity contribution in [3.63, 3.8) is 0 Å². The number of benzene rings is 2. The summed E-state index contributed by atoms with van der Waals surface area (Å²) in [6.07, 6.45) is 1.83. The Morgan fingerprint density at radius 2 is 1.66 bits per heavy atom.